The zero-order chi connectivity index (χ0) is 27.1. The molecule has 2 aromatic rings. The molecule has 0 spiro atoms. The number of amides is 1. The maximum atomic E-state index is 14.7. The molecular formula is C25H28F6N4O2. The van der Waals surface area contributed by atoms with Crippen LogP contribution in [0.25, 0.3) is 0 Å². The first-order valence-electron chi connectivity index (χ1n) is 12.0. The highest BCUT2D eigenvalue weighted by Gasteiger charge is 2.53. The Kier molecular flexibility index (Phi) is 7.59. The van der Waals surface area contributed by atoms with Gasteiger partial charge in [0.2, 0.25) is 0 Å². The fraction of sp³-hybridized carbons (Fsp3) is 0.520. The highest BCUT2D eigenvalue weighted by atomic mass is 19.3. The lowest BCUT2D eigenvalue weighted by atomic mass is 10.0. The van der Waals surface area contributed by atoms with E-state index in [-0.39, 0.29) is 36.2 Å². The number of nitrogens with one attached hydrogen (secondary N) is 2. The smallest absolute Gasteiger partial charge is 0.266 e. The summed E-state index contributed by atoms with van der Waals surface area (Å²) in [6.45, 7) is 2.06. The molecule has 6 nitrogen and oxygen atoms in total. The topological polar surface area (TPSA) is 66.4 Å². The number of likely N-dealkylation sites (tertiary alicyclic amines) is 1. The third kappa shape index (κ3) is 5.34. The molecule has 2 aliphatic rings. The molecule has 202 valence electrons. The number of carbonyl (C=O) groups is 1. The Morgan fingerprint density at radius 3 is 2.43 bits per heavy atom. The molecule has 2 heterocycles. The Labute approximate surface area is 209 Å². The Balaban J connectivity index is 1.68. The SMILES string of the molecule is CC(NC(=O)c1cn(C2(C(F)F)CC2)c(=O)cc1N[C@H]1CCN(C)C[C@@H]1F)c1cccc(C(F)F)c1F. The molecule has 0 radical (unpaired) electrons. The van der Waals surface area contributed by atoms with Gasteiger partial charge in [0.05, 0.1) is 28.9 Å². The van der Waals surface area contributed by atoms with Crippen LogP contribution in [0.5, 0.6) is 0 Å². The number of halogens is 6. The van der Waals surface area contributed by atoms with Crippen LogP contribution in [-0.2, 0) is 5.54 Å². The summed E-state index contributed by atoms with van der Waals surface area (Å²) in [7, 11) is 1.76. The first-order chi connectivity index (χ1) is 17.4. The lowest BCUT2D eigenvalue weighted by Crippen LogP contribution is -2.47. The average molecular weight is 531 g/mol. The van der Waals surface area contributed by atoms with Gasteiger partial charge in [0.25, 0.3) is 24.3 Å². The zero-order valence-corrected chi connectivity index (χ0v) is 20.3. The van der Waals surface area contributed by atoms with Crippen molar-refractivity contribution in [1.82, 2.24) is 14.8 Å². The number of rotatable bonds is 8. The molecule has 3 atom stereocenters. The van der Waals surface area contributed by atoms with Crippen LogP contribution in [0, 0.1) is 5.82 Å². The first-order valence-corrected chi connectivity index (χ1v) is 12.0. The summed E-state index contributed by atoms with van der Waals surface area (Å²) in [5.74, 6) is -2.03. The molecular weight excluding hydrogens is 502 g/mol. The summed E-state index contributed by atoms with van der Waals surface area (Å²) in [5, 5.41) is 5.38. The number of hydrogen-bond donors (Lipinski definition) is 2. The molecule has 1 saturated heterocycles. The van der Waals surface area contributed by atoms with Crippen molar-refractivity contribution >= 4 is 11.6 Å². The number of alkyl halides is 5. The van der Waals surface area contributed by atoms with E-state index in [0.717, 1.165) is 22.9 Å². The number of nitrogens with zero attached hydrogens (tertiary/aromatic N) is 2. The van der Waals surface area contributed by atoms with E-state index in [1.807, 2.05) is 0 Å². The summed E-state index contributed by atoms with van der Waals surface area (Å²) < 4.78 is 84.0. The molecule has 37 heavy (non-hydrogen) atoms. The molecule has 2 N–H and O–H groups in total. The van der Waals surface area contributed by atoms with Gasteiger partial charge < -0.3 is 20.1 Å². The lowest BCUT2D eigenvalue weighted by Gasteiger charge is -2.33. The summed E-state index contributed by atoms with van der Waals surface area (Å²) in [4.78, 5) is 27.9. The predicted molar refractivity (Wildman–Crippen MR) is 126 cm³/mol. The van der Waals surface area contributed by atoms with Crippen molar-refractivity contribution in [3.63, 3.8) is 0 Å². The van der Waals surface area contributed by atoms with E-state index in [9.17, 15) is 35.9 Å². The normalized spacial score (nSPS) is 22.2. The van der Waals surface area contributed by atoms with Gasteiger partial charge in [-0.15, -0.1) is 0 Å². The van der Waals surface area contributed by atoms with E-state index in [1.165, 1.54) is 19.1 Å². The van der Waals surface area contributed by atoms with Gasteiger partial charge in [-0.05, 0) is 33.2 Å². The van der Waals surface area contributed by atoms with Gasteiger partial charge in [0.1, 0.15) is 17.5 Å². The van der Waals surface area contributed by atoms with Gasteiger partial charge in [0, 0.05) is 30.9 Å². The Hall–Kier alpha value is -3.02. The van der Waals surface area contributed by atoms with Crippen molar-refractivity contribution in [2.24, 2.45) is 0 Å². The number of piperidine rings is 1. The van der Waals surface area contributed by atoms with Gasteiger partial charge in [-0.3, -0.25) is 9.59 Å². The van der Waals surface area contributed by atoms with Crippen LogP contribution in [0.1, 0.15) is 60.1 Å². The van der Waals surface area contributed by atoms with Crippen molar-refractivity contribution in [3.05, 3.63) is 63.3 Å². The fourth-order valence-corrected chi connectivity index (χ4v) is 4.72. The van der Waals surface area contributed by atoms with Gasteiger partial charge in [-0.1, -0.05) is 18.2 Å². The highest BCUT2D eigenvalue weighted by molar-refractivity contribution is 5.99. The van der Waals surface area contributed by atoms with E-state index in [1.54, 1.807) is 11.9 Å². The van der Waals surface area contributed by atoms with Crippen molar-refractivity contribution in [2.75, 3.05) is 25.5 Å². The van der Waals surface area contributed by atoms with E-state index in [2.05, 4.69) is 10.6 Å². The molecule has 1 amide bonds. The van der Waals surface area contributed by atoms with Gasteiger partial charge in [-0.25, -0.2) is 26.3 Å². The van der Waals surface area contributed by atoms with Crippen molar-refractivity contribution in [2.45, 2.75) is 62.8 Å². The maximum Gasteiger partial charge on any atom is 0.266 e. The summed E-state index contributed by atoms with van der Waals surface area (Å²) in [6, 6.07) is 2.59. The summed E-state index contributed by atoms with van der Waals surface area (Å²) >= 11 is 0. The molecule has 12 heteroatoms. The standard InChI is InChI=1S/C25H28F6N4O2/c1-13(14-4-3-5-15(21(14)27)22(28)29)32-23(37)16-11-35(25(7-8-25)24(30)31)20(36)10-19(16)33-18-6-9-34(2)12-17(18)26/h3-5,10-11,13,17-18,22,24,33H,6-9,12H2,1-2H3,(H,32,37)/t13?,17-,18-/m0/s1. The minimum Gasteiger partial charge on any atom is -0.378 e. The molecule has 1 aromatic carbocycles. The number of carbonyl (C=O) groups excluding carboxylic acids is 1. The Morgan fingerprint density at radius 1 is 1.16 bits per heavy atom. The van der Waals surface area contributed by atoms with Gasteiger partial charge in [-0.2, -0.15) is 0 Å². The van der Waals surface area contributed by atoms with Crippen molar-refractivity contribution < 1.29 is 31.1 Å². The first kappa shape index (κ1) is 27.0. The second-order valence-corrected chi connectivity index (χ2v) is 9.78. The van der Waals surface area contributed by atoms with Crippen LogP contribution in [-0.4, -0.2) is 54.2 Å². The van der Waals surface area contributed by atoms with Gasteiger partial charge >= 0.3 is 0 Å². The minimum absolute atomic E-state index is 0.0436. The predicted octanol–water partition coefficient (Wildman–Crippen LogP) is 4.62. The monoisotopic (exact) mass is 530 g/mol. The van der Waals surface area contributed by atoms with Crippen molar-refractivity contribution in [1.29, 1.82) is 0 Å². The van der Waals surface area contributed by atoms with E-state index < -0.39 is 59.5 Å². The lowest BCUT2D eigenvalue weighted by molar-refractivity contribution is 0.0648. The van der Waals surface area contributed by atoms with Crippen LogP contribution < -0.4 is 16.2 Å². The van der Waals surface area contributed by atoms with Crippen LogP contribution >= 0.6 is 0 Å². The van der Waals surface area contributed by atoms with Crippen LogP contribution in [0.15, 0.2) is 35.3 Å². The molecule has 2 fully saturated rings. The van der Waals surface area contributed by atoms with Gasteiger partial charge in [0.15, 0.2) is 0 Å². The molecule has 4 rings (SSSR count). The Morgan fingerprint density at radius 2 is 1.84 bits per heavy atom. The second kappa shape index (κ2) is 10.4. The molecule has 1 saturated carbocycles. The second-order valence-electron chi connectivity index (χ2n) is 9.78. The molecule has 1 unspecified atom stereocenters. The zero-order valence-electron chi connectivity index (χ0n) is 20.3. The molecule has 1 aromatic heterocycles. The van der Waals surface area contributed by atoms with E-state index >= 15 is 0 Å². The average Bonchev–Trinajstić information content (AvgIpc) is 3.63. The Bertz CT molecular complexity index is 1220. The minimum atomic E-state index is -3.06. The fourth-order valence-electron chi connectivity index (χ4n) is 4.72. The molecule has 0 bridgehead atoms. The molecule has 1 aliphatic heterocycles. The summed E-state index contributed by atoms with van der Waals surface area (Å²) in [5.41, 5.74) is -3.78. The third-order valence-electron chi connectivity index (χ3n) is 7.14. The van der Waals surface area contributed by atoms with Crippen LogP contribution in [0.3, 0.4) is 0 Å². The van der Waals surface area contributed by atoms with E-state index in [0.29, 0.717) is 13.0 Å². The number of anilines is 1. The summed E-state index contributed by atoms with van der Waals surface area (Å²) in [6.07, 6.45) is -5.77. The highest BCUT2D eigenvalue weighted by Crippen LogP contribution is 2.48. The number of benzene rings is 1. The maximum absolute atomic E-state index is 14.7. The van der Waals surface area contributed by atoms with E-state index in [4.69, 9.17) is 0 Å². The largest absolute Gasteiger partial charge is 0.378 e. The van der Waals surface area contributed by atoms with Crippen molar-refractivity contribution in [3.8, 4) is 0 Å². The van der Waals surface area contributed by atoms with Crippen LogP contribution in [0.2, 0.25) is 0 Å². The number of aromatic nitrogens is 1. The molecule has 1 aliphatic carbocycles. The number of hydrogen-bond acceptors (Lipinski definition) is 4. The quantitative estimate of drug-likeness (QED) is 0.489. The van der Waals surface area contributed by atoms with Crippen LogP contribution in [0.4, 0.5) is 32.0 Å². The number of pyridine rings is 1. The third-order valence-corrected chi connectivity index (χ3v) is 7.14.